The van der Waals surface area contributed by atoms with Crippen LogP contribution in [0.15, 0.2) is 24.3 Å². The Hall–Kier alpha value is -2.44. The molecule has 0 radical (unpaired) electrons. The van der Waals surface area contributed by atoms with E-state index in [2.05, 4.69) is 0 Å². The van der Waals surface area contributed by atoms with Crippen molar-refractivity contribution in [2.45, 2.75) is 30.5 Å². The van der Waals surface area contributed by atoms with Gasteiger partial charge in [0.05, 0.1) is 18.4 Å². The fraction of sp³-hybridized carbons (Fsp3) is 0.353. The first kappa shape index (κ1) is 20.8. The molecule has 3 aliphatic rings. The molecule has 1 unspecified atom stereocenters. The Balaban J connectivity index is 1.91. The molecule has 1 aromatic rings. The van der Waals surface area contributed by atoms with Crippen molar-refractivity contribution in [2.75, 3.05) is 6.61 Å². The third-order valence-corrected chi connectivity index (χ3v) is 5.61. The first-order valence-electron chi connectivity index (χ1n) is 8.77. The fourth-order valence-corrected chi connectivity index (χ4v) is 4.05. The number of carbonyl (C=O) groups is 4. The molecule has 1 saturated heterocycles. The second-order valence-electron chi connectivity index (χ2n) is 6.88. The lowest BCUT2D eigenvalue weighted by atomic mass is 9.84. The zero-order valence-corrected chi connectivity index (χ0v) is 16.1. The normalized spacial score (nSPS) is 32.1. The maximum absolute atomic E-state index is 13.4. The SMILES string of the molecule is NP(O)OC[C@H]1O[C@H]2[N+]3=CCC(=O)N(C(=O)c4ccccc4C(=O)[C@@]2(O)[C@@H]1O)C3=O. The van der Waals surface area contributed by atoms with Gasteiger partial charge in [-0.3, -0.25) is 10.3 Å². The minimum absolute atomic E-state index is 0.284. The fourth-order valence-electron chi connectivity index (χ4n) is 3.75. The molecule has 4 amide bonds. The highest BCUT2D eigenvalue weighted by Crippen LogP contribution is 2.38. The third kappa shape index (κ3) is 2.93. The van der Waals surface area contributed by atoms with Crippen molar-refractivity contribution >= 4 is 38.4 Å². The minimum Gasteiger partial charge on any atom is -0.386 e. The van der Waals surface area contributed by atoms with Crippen molar-refractivity contribution in [3.05, 3.63) is 35.4 Å². The highest BCUT2D eigenvalue weighted by Gasteiger charge is 2.67. The van der Waals surface area contributed by atoms with Crippen LogP contribution in [-0.4, -0.2) is 85.1 Å². The number of ether oxygens (including phenoxy) is 1. The van der Waals surface area contributed by atoms with E-state index in [9.17, 15) is 34.3 Å². The zero-order valence-electron chi connectivity index (χ0n) is 15.2. The van der Waals surface area contributed by atoms with Gasteiger partial charge in [0, 0.05) is 5.56 Å². The van der Waals surface area contributed by atoms with Crippen LogP contribution in [0.25, 0.3) is 0 Å². The van der Waals surface area contributed by atoms with E-state index in [0.29, 0.717) is 4.90 Å². The molecule has 0 spiro atoms. The van der Waals surface area contributed by atoms with Crippen LogP contribution < -0.4 is 5.50 Å². The summed E-state index contributed by atoms with van der Waals surface area (Å²) in [5.74, 6) is -2.92. The smallest absolute Gasteiger partial charge is 0.386 e. The molecule has 30 heavy (non-hydrogen) atoms. The summed E-state index contributed by atoms with van der Waals surface area (Å²) in [5.41, 5.74) is 1.90. The van der Waals surface area contributed by atoms with Crippen molar-refractivity contribution in [1.29, 1.82) is 0 Å². The summed E-state index contributed by atoms with van der Waals surface area (Å²) >= 11 is 0. The number of imide groups is 3. The van der Waals surface area contributed by atoms with Crippen molar-refractivity contribution in [2.24, 2.45) is 5.50 Å². The average Bonchev–Trinajstić information content (AvgIpc) is 2.97. The molecule has 158 valence electrons. The van der Waals surface area contributed by atoms with Crippen LogP contribution >= 0.6 is 8.53 Å². The molecular formula is C17H17N3O9P+. The summed E-state index contributed by atoms with van der Waals surface area (Å²) in [6.45, 7) is -0.489. The van der Waals surface area contributed by atoms with Gasteiger partial charge in [-0.05, 0) is 6.07 Å². The Morgan fingerprint density at radius 3 is 2.60 bits per heavy atom. The van der Waals surface area contributed by atoms with Crippen LogP contribution in [0.5, 0.6) is 0 Å². The van der Waals surface area contributed by atoms with Gasteiger partial charge < -0.3 is 24.4 Å². The molecule has 2 bridgehead atoms. The largest absolute Gasteiger partial charge is 0.510 e. The number of fused-ring (bicyclic) bond motifs is 5. The predicted octanol–water partition coefficient (Wildman–Crippen LogP) is -1.53. The summed E-state index contributed by atoms with van der Waals surface area (Å²) in [5, 5.41) is 22.1. The number of hydrogen-bond donors (Lipinski definition) is 4. The number of amides is 4. The van der Waals surface area contributed by atoms with Gasteiger partial charge in [0.1, 0.15) is 18.6 Å². The molecule has 5 N–H and O–H groups in total. The number of ketones is 1. The predicted molar refractivity (Wildman–Crippen MR) is 97.2 cm³/mol. The van der Waals surface area contributed by atoms with Gasteiger partial charge in [-0.2, -0.15) is 9.37 Å². The Bertz CT molecular complexity index is 996. The Labute approximate surface area is 170 Å². The zero-order chi connectivity index (χ0) is 21.8. The summed E-state index contributed by atoms with van der Waals surface area (Å²) < 4.78 is 11.2. The third-order valence-electron chi connectivity index (χ3n) is 5.20. The van der Waals surface area contributed by atoms with Gasteiger partial charge in [0.15, 0.2) is 0 Å². The van der Waals surface area contributed by atoms with Gasteiger partial charge in [0.2, 0.25) is 26.1 Å². The maximum Gasteiger partial charge on any atom is 0.510 e. The minimum atomic E-state index is -2.69. The molecule has 0 saturated carbocycles. The topological polar surface area (TPSA) is 180 Å². The number of urea groups is 1. The van der Waals surface area contributed by atoms with E-state index in [4.69, 9.17) is 14.8 Å². The van der Waals surface area contributed by atoms with Gasteiger partial charge in [0.25, 0.3) is 0 Å². The van der Waals surface area contributed by atoms with E-state index in [-0.39, 0.29) is 17.5 Å². The number of aliphatic hydroxyl groups excluding tert-OH is 1. The van der Waals surface area contributed by atoms with Crippen LogP contribution in [0.4, 0.5) is 4.79 Å². The summed E-state index contributed by atoms with van der Waals surface area (Å²) in [4.78, 5) is 61.1. The lowest BCUT2D eigenvalue weighted by Gasteiger charge is -2.28. The van der Waals surface area contributed by atoms with E-state index < -0.39 is 62.8 Å². The van der Waals surface area contributed by atoms with E-state index in [1.165, 1.54) is 24.3 Å². The molecule has 5 atom stereocenters. The number of nitrogens with zero attached hydrogens (tertiary/aromatic N) is 2. The van der Waals surface area contributed by atoms with E-state index in [1.54, 1.807) is 0 Å². The van der Waals surface area contributed by atoms with Crippen molar-refractivity contribution < 1.29 is 48.1 Å². The number of hydrogen-bond acceptors (Lipinski definition) is 10. The number of Topliss-reactive ketones (excluding diaryl/α,β-unsaturated/α-hetero) is 1. The van der Waals surface area contributed by atoms with Gasteiger partial charge in [-0.1, -0.05) is 23.1 Å². The average molecular weight is 438 g/mol. The molecule has 1 fully saturated rings. The number of rotatable bonds is 3. The molecule has 0 aliphatic carbocycles. The molecule has 4 rings (SSSR count). The molecule has 3 heterocycles. The van der Waals surface area contributed by atoms with Crippen LogP contribution in [0.3, 0.4) is 0 Å². The summed E-state index contributed by atoms with van der Waals surface area (Å²) in [6.07, 6.45) is -4.33. The van der Waals surface area contributed by atoms with Crippen LogP contribution in [0, 0.1) is 0 Å². The van der Waals surface area contributed by atoms with Crippen molar-refractivity contribution in [3.8, 4) is 0 Å². The van der Waals surface area contributed by atoms with E-state index in [1.807, 2.05) is 0 Å². The lowest BCUT2D eigenvalue weighted by molar-refractivity contribution is -0.545. The second-order valence-corrected chi connectivity index (χ2v) is 7.74. The first-order chi connectivity index (χ1) is 14.2. The summed E-state index contributed by atoms with van der Waals surface area (Å²) in [6, 6.07) is 4.18. The standard InChI is InChI=1S/C17H17N3O9P/c18-30(27)28-7-10-13(23)17(26)12(22)8-3-1-2-4-9(8)14(24)20-11(21)5-6-19(16(20)25)15(17)29-10/h1-4,6,10,13,15,23,26-27H,5,7,18H2/q+1/t10-,13-,15-,17-,30?/m1/s1. The van der Waals surface area contributed by atoms with E-state index >= 15 is 0 Å². The van der Waals surface area contributed by atoms with Crippen molar-refractivity contribution in [1.82, 2.24) is 4.90 Å². The molecule has 1 aromatic carbocycles. The van der Waals surface area contributed by atoms with Gasteiger partial charge in [-0.15, -0.1) is 0 Å². The van der Waals surface area contributed by atoms with Crippen LogP contribution in [-0.2, 0) is 14.1 Å². The van der Waals surface area contributed by atoms with Gasteiger partial charge >= 0.3 is 17.8 Å². The Morgan fingerprint density at radius 1 is 1.27 bits per heavy atom. The quantitative estimate of drug-likeness (QED) is 0.246. The molecule has 12 nitrogen and oxygen atoms in total. The number of nitrogens with two attached hydrogens (primary N) is 1. The van der Waals surface area contributed by atoms with Crippen LogP contribution in [0.2, 0.25) is 0 Å². The Morgan fingerprint density at radius 2 is 1.93 bits per heavy atom. The lowest BCUT2D eigenvalue weighted by Crippen LogP contribution is -2.61. The van der Waals surface area contributed by atoms with E-state index in [0.717, 1.165) is 10.8 Å². The summed E-state index contributed by atoms with van der Waals surface area (Å²) in [7, 11) is -2.32. The van der Waals surface area contributed by atoms with Gasteiger partial charge in [-0.25, -0.2) is 9.59 Å². The first-order valence-corrected chi connectivity index (χ1v) is 10.0. The second kappa shape index (κ2) is 7.36. The highest BCUT2D eigenvalue weighted by atomic mass is 31.2. The molecular weight excluding hydrogens is 421 g/mol. The molecule has 3 aliphatic heterocycles. The molecule has 0 aromatic heterocycles. The highest BCUT2D eigenvalue weighted by molar-refractivity contribution is 7.43. The number of aliphatic hydroxyl groups is 2. The molecule has 13 heteroatoms. The number of benzene rings is 1. The van der Waals surface area contributed by atoms with Crippen LogP contribution in [0.1, 0.15) is 27.1 Å². The van der Waals surface area contributed by atoms with Crippen molar-refractivity contribution in [3.63, 3.8) is 0 Å². The Kier molecular flexibility index (Phi) is 5.11. The maximum atomic E-state index is 13.4. The monoisotopic (exact) mass is 438 g/mol. The number of carbonyl (C=O) groups excluding carboxylic acids is 4.